The minimum absolute atomic E-state index is 0.750. The Hall–Kier alpha value is -1.14. The van der Waals surface area contributed by atoms with Crippen molar-refractivity contribution in [3.63, 3.8) is 0 Å². The number of fused-ring (bicyclic) bond motifs is 3. The lowest BCUT2D eigenvalue weighted by molar-refractivity contribution is 0.399. The first kappa shape index (κ1) is 20.9. The van der Waals surface area contributed by atoms with Crippen LogP contribution in [0.2, 0.25) is 5.02 Å². The Morgan fingerprint density at radius 2 is 1.82 bits per heavy atom. The van der Waals surface area contributed by atoms with Crippen LogP contribution in [0.1, 0.15) is 26.5 Å². The van der Waals surface area contributed by atoms with Gasteiger partial charge in [-0.15, -0.1) is 11.3 Å². The van der Waals surface area contributed by atoms with Gasteiger partial charge in [0.25, 0.3) is 0 Å². The number of aryl methyl sites for hydroxylation is 2. The van der Waals surface area contributed by atoms with Gasteiger partial charge in [-0.1, -0.05) is 44.5 Å². The molecule has 0 aliphatic rings. The fourth-order valence-corrected chi connectivity index (χ4v) is 3.42. The molecule has 3 aromatic rings. The van der Waals surface area contributed by atoms with E-state index in [1.807, 2.05) is 51.6 Å². The summed E-state index contributed by atoms with van der Waals surface area (Å²) >= 11 is 7.89. The van der Waals surface area contributed by atoms with Crippen LogP contribution in [-0.4, -0.2) is 28.5 Å². The molecular formula is C16H26ClN3OS. The lowest BCUT2D eigenvalue weighted by Gasteiger charge is -1.94. The van der Waals surface area contributed by atoms with E-state index in [2.05, 4.69) is 11.2 Å². The van der Waals surface area contributed by atoms with Crippen LogP contribution in [0.25, 0.3) is 20.3 Å². The summed E-state index contributed by atoms with van der Waals surface area (Å²) in [6.07, 6.45) is 0. The van der Waals surface area contributed by atoms with Gasteiger partial charge in [0, 0.05) is 19.5 Å². The molecule has 6 heteroatoms. The molecule has 0 amide bonds. The van der Waals surface area contributed by atoms with Crippen molar-refractivity contribution in [3.8, 4) is 0 Å². The SMILES string of the molecule is CC.CCN.CO.Cc1nn(C)c2c1sc1c(Cl)cccc12. The maximum atomic E-state index is 7.00. The van der Waals surface area contributed by atoms with Crippen molar-refractivity contribution in [1.29, 1.82) is 0 Å². The second-order valence-electron chi connectivity index (χ2n) is 4.01. The molecule has 0 aliphatic carbocycles. The zero-order valence-corrected chi connectivity index (χ0v) is 15.7. The number of benzene rings is 1. The minimum atomic E-state index is 0.750. The second-order valence-corrected chi connectivity index (χ2v) is 5.44. The summed E-state index contributed by atoms with van der Waals surface area (Å²) in [5.74, 6) is 0. The molecule has 2 aromatic heterocycles. The van der Waals surface area contributed by atoms with Crippen LogP contribution in [0.3, 0.4) is 0 Å². The van der Waals surface area contributed by atoms with E-state index in [1.165, 1.54) is 15.6 Å². The van der Waals surface area contributed by atoms with E-state index < -0.39 is 0 Å². The van der Waals surface area contributed by atoms with Gasteiger partial charge >= 0.3 is 0 Å². The maximum absolute atomic E-state index is 7.00. The number of halogens is 1. The average Bonchev–Trinajstić information content (AvgIpc) is 3.05. The first-order valence-electron chi connectivity index (χ1n) is 7.25. The summed E-state index contributed by atoms with van der Waals surface area (Å²) in [5, 5.41) is 13.4. The Morgan fingerprint density at radius 1 is 1.27 bits per heavy atom. The van der Waals surface area contributed by atoms with Crippen LogP contribution in [0, 0.1) is 6.92 Å². The third kappa shape index (κ3) is 4.43. The van der Waals surface area contributed by atoms with E-state index in [9.17, 15) is 0 Å². The molecule has 0 aliphatic heterocycles. The van der Waals surface area contributed by atoms with Crippen molar-refractivity contribution in [1.82, 2.24) is 9.78 Å². The topological polar surface area (TPSA) is 64.1 Å². The fourth-order valence-electron chi connectivity index (χ4n) is 1.96. The summed E-state index contributed by atoms with van der Waals surface area (Å²) in [4.78, 5) is 0. The van der Waals surface area contributed by atoms with E-state index in [4.69, 9.17) is 22.4 Å². The number of nitrogens with zero attached hydrogens (tertiary/aromatic N) is 2. The monoisotopic (exact) mass is 343 g/mol. The van der Waals surface area contributed by atoms with Crippen molar-refractivity contribution >= 4 is 43.2 Å². The third-order valence-corrected chi connectivity index (χ3v) is 4.36. The number of rotatable bonds is 0. The number of nitrogens with two attached hydrogens (primary N) is 1. The molecule has 4 nitrogen and oxygen atoms in total. The number of aromatic nitrogens is 2. The van der Waals surface area contributed by atoms with Crippen molar-refractivity contribution in [2.75, 3.05) is 13.7 Å². The predicted octanol–water partition coefficient (Wildman–Crippen LogP) is 4.35. The van der Waals surface area contributed by atoms with Gasteiger partial charge in [0.1, 0.15) is 0 Å². The summed E-state index contributed by atoms with van der Waals surface area (Å²) in [6.45, 7) is 8.69. The fraction of sp³-hybridized carbons (Fsp3) is 0.438. The molecular weight excluding hydrogens is 318 g/mol. The Labute approximate surface area is 141 Å². The average molecular weight is 344 g/mol. The Kier molecular flexibility index (Phi) is 10.0. The Bertz CT molecular complexity index is 691. The highest BCUT2D eigenvalue weighted by atomic mass is 35.5. The van der Waals surface area contributed by atoms with E-state index >= 15 is 0 Å². The van der Waals surface area contributed by atoms with Crippen LogP contribution in [0.15, 0.2) is 18.2 Å². The van der Waals surface area contributed by atoms with Gasteiger partial charge in [-0.05, 0) is 19.5 Å². The van der Waals surface area contributed by atoms with Crippen LogP contribution in [-0.2, 0) is 7.05 Å². The van der Waals surface area contributed by atoms with E-state index in [1.54, 1.807) is 11.3 Å². The summed E-state index contributed by atoms with van der Waals surface area (Å²) in [5.41, 5.74) is 7.11. The lowest BCUT2D eigenvalue weighted by Crippen LogP contribution is -1.89. The van der Waals surface area contributed by atoms with E-state index in [0.717, 1.165) is 29.1 Å². The van der Waals surface area contributed by atoms with Gasteiger partial charge in [-0.3, -0.25) is 4.68 Å². The van der Waals surface area contributed by atoms with Crippen molar-refractivity contribution < 1.29 is 5.11 Å². The van der Waals surface area contributed by atoms with Gasteiger partial charge in [-0.25, -0.2) is 0 Å². The number of aliphatic hydroxyl groups is 1. The van der Waals surface area contributed by atoms with Crippen LogP contribution in [0.5, 0.6) is 0 Å². The highest BCUT2D eigenvalue weighted by Crippen LogP contribution is 2.38. The molecule has 0 radical (unpaired) electrons. The smallest absolute Gasteiger partial charge is 0.0869 e. The number of hydrogen-bond acceptors (Lipinski definition) is 4. The van der Waals surface area contributed by atoms with Gasteiger partial charge < -0.3 is 10.8 Å². The molecule has 1 aromatic carbocycles. The summed E-state index contributed by atoms with van der Waals surface area (Å²) in [6, 6.07) is 6.02. The molecule has 0 bridgehead atoms. The Morgan fingerprint density at radius 3 is 2.36 bits per heavy atom. The van der Waals surface area contributed by atoms with Crippen LogP contribution in [0.4, 0.5) is 0 Å². The predicted molar refractivity (Wildman–Crippen MR) is 100 cm³/mol. The van der Waals surface area contributed by atoms with E-state index in [-0.39, 0.29) is 0 Å². The van der Waals surface area contributed by atoms with E-state index in [0.29, 0.717) is 0 Å². The molecule has 0 saturated heterocycles. The first-order valence-corrected chi connectivity index (χ1v) is 8.44. The number of aliphatic hydroxyl groups excluding tert-OH is 1. The first-order chi connectivity index (χ1) is 10.6. The molecule has 22 heavy (non-hydrogen) atoms. The van der Waals surface area contributed by atoms with Crippen molar-refractivity contribution in [2.45, 2.75) is 27.7 Å². The third-order valence-electron chi connectivity index (χ3n) is 2.59. The normalized spacial score (nSPS) is 9.32. The zero-order chi connectivity index (χ0) is 17.3. The molecule has 0 unspecified atom stereocenters. The van der Waals surface area contributed by atoms with Crippen molar-refractivity contribution in [2.24, 2.45) is 12.8 Å². The molecule has 2 heterocycles. The molecule has 124 valence electrons. The second kappa shape index (κ2) is 10.6. The van der Waals surface area contributed by atoms with Gasteiger partial charge in [0.05, 0.1) is 25.6 Å². The molecule has 0 atom stereocenters. The summed E-state index contributed by atoms with van der Waals surface area (Å²) < 4.78 is 4.32. The minimum Gasteiger partial charge on any atom is -0.400 e. The molecule has 3 rings (SSSR count). The van der Waals surface area contributed by atoms with Crippen LogP contribution < -0.4 is 5.73 Å². The van der Waals surface area contributed by atoms with Crippen molar-refractivity contribution in [3.05, 3.63) is 28.9 Å². The maximum Gasteiger partial charge on any atom is 0.0869 e. The molecule has 3 N–H and O–H groups in total. The van der Waals surface area contributed by atoms with Gasteiger partial charge in [0.15, 0.2) is 0 Å². The number of hydrogen-bond donors (Lipinski definition) is 2. The quantitative estimate of drug-likeness (QED) is 0.637. The van der Waals surface area contributed by atoms with Gasteiger partial charge in [0.2, 0.25) is 0 Å². The standard InChI is InChI=1S/C11H9ClN2S.C2H7N.C2H6.CH4O/c1-6-10-9(14(2)13-6)7-4-3-5-8(12)11(7)15-10;1-2-3;2*1-2/h3-5H,1-2H3;2-3H2,1H3;1-2H3;2H,1H3. The van der Waals surface area contributed by atoms with Crippen LogP contribution >= 0.6 is 22.9 Å². The zero-order valence-electron chi connectivity index (χ0n) is 14.1. The summed E-state index contributed by atoms with van der Waals surface area (Å²) in [7, 11) is 2.97. The highest BCUT2D eigenvalue weighted by molar-refractivity contribution is 7.26. The molecule has 0 saturated carbocycles. The Balaban J connectivity index is 0.000000553. The molecule has 0 spiro atoms. The van der Waals surface area contributed by atoms with Gasteiger partial charge in [-0.2, -0.15) is 5.10 Å². The number of thiophene rings is 1. The largest absolute Gasteiger partial charge is 0.400 e. The highest BCUT2D eigenvalue weighted by Gasteiger charge is 2.13. The molecule has 0 fully saturated rings. The lowest BCUT2D eigenvalue weighted by atomic mass is 10.2.